The summed E-state index contributed by atoms with van der Waals surface area (Å²) in [6.07, 6.45) is 5.27. The van der Waals surface area contributed by atoms with Gasteiger partial charge in [-0.1, -0.05) is 0 Å². The molecule has 1 unspecified atom stereocenters. The van der Waals surface area contributed by atoms with Gasteiger partial charge in [0.25, 0.3) is 0 Å². The van der Waals surface area contributed by atoms with Gasteiger partial charge in [0.15, 0.2) is 5.96 Å². The van der Waals surface area contributed by atoms with Crippen LogP contribution in [0.1, 0.15) is 18.4 Å². The summed E-state index contributed by atoms with van der Waals surface area (Å²) < 4.78 is 13.4. The van der Waals surface area contributed by atoms with Crippen LogP contribution in [0.15, 0.2) is 29.4 Å². The number of halogens is 2. The monoisotopic (exact) mass is 459 g/mol. The zero-order valence-electron chi connectivity index (χ0n) is 14.8. The SMILES string of the molecule is CN=C(NCCc1c[nH]c2ccc(F)cc12)NCC1CCCN1C.I. The summed E-state index contributed by atoms with van der Waals surface area (Å²) >= 11 is 0. The number of likely N-dealkylation sites (tertiary alicyclic amines) is 1. The molecule has 1 aromatic carbocycles. The molecule has 25 heavy (non-hydrogen) atoms. The second-order valence-electron chi connectivity index (χ2n) is 6.41. The van der Waals surface area contributed by atoms with Gasteiger partial charge in [-0.3, -0.25) is 4.99 Å². The Balaban J connectivity index is 0.00000225. The molecular formula is C18H27FIN5. The van der Waals surface area contributed by atoms with Gasteiger partial charge in [0.05, 0.1) is 0 Å². The van der Waals surface area contributed by atoms with Crippen LogP contribution >= 0.6 is 24.0 Å². The van der Waals surface area contributed by atoms with E-state index in [0.29, 0.717) is 6.04 Å². The van der Waals surface area contributed by atoms with Crippen LogP contribution in [-0.4, -0.2) is 55.6 Å². The molecule has 3 N–H and O–H groups in total. The fourth-order valence-electron chi connectivity index (χ4n) is 3.35. The van der Waals surface area contributed by atoms with Crippen LogP contribution in [-0.2, 0) is 6.42 Å². The molecule has 1 aliphatic heterocycles. The molecule has 0 bridgehead atoms. The molecule has 0 spiro atoms. The lowest BCUT2D eigenvalue weighted by atomic mass is 10.1. The van der Waals surface area contributed by atoms with E-state index >= 15 is 0 Å². The normalized spacial score (nSPS) is 18.4. The third-order valence-corrected chi connectivity index (χ3v) is 4.82. The zero-order valence-corrected chi connectivity index (χ0v) is 17.1. The Morgan fingerprint density at radius 1 is 1.40 bits per heavy atom. The third-order valence-electron chi connectivity index (χ3n) is 4.82. The van der Waals surface area contributed by atoms with Crippen molar-refractivity contribution in [3.63, 3.8) is 0 Å². The van der Waals surface area contributed by atoms with Crippen LogP contribution in [0.3, 0.4) is 0 Å². The highest BCUT2D eigenvalue weighted by atomic mass is 127. The fourth-order valence-corrected chi connectivity index (χ4v) is 3.35. The number of nitrogens with one attached hydrogen (secondary N) is 3. The maximum absolute atomic E-state index is 13.4. The summed E-state index contributed by atoms with van der Waals surface area (Å²) in [6, 6.07) is 5.43. The summed E-state index contributed by atoms with van der Waals surface area (Å²) in [5.41, 5.74) is 2.08. The molecule has 2 aromatic rings. The van der Waals surface area contributed by atoms with Gasteiger partial charge in [-0.15, -0.1) is 24.0 Å². The van der Waals surface area contributed by atoms with Crippen molar-refractivity contribution in [2.24, 2.45) is 4.99 Å². The Kier molecular flexibility index (Phi) is 7.49. The molecule has 3 rings (SSSR count). The zero-order chi connectivity index (χ0) is 16.9. The largest absolute Gasteiger partial charge is 0.361 e. The average Bonchev–Trinajstić information content (AvgIpc) is 3.17. The first-order valence-electron chi connectivity index (χ1n) is 8.57. The molecule has 5 nitrogen and oxygen atoms in total. The number of nitrogens with zero attached hydrogens (tertiary/aromatic N) is 2. The van der Waals surface area contributed by atoms with E-state index in [1.807, 2.05) is 6.20 Å². The number of aliphatic imine (C=N–C) groups is 1. The van der Waals surface area contributed by atoms with Crippen molar-refractivity contribution in [3.05, 3.63) is 35.8 Å². The topological polar surface area (TPSA) is 55.5 Å². The van der Waals surface area contributed by atoms with Crippen molar-refractivity contribution in [1.29, 1.82) is 0 Å². The summed E-state index contributed by atoms with van der Waals surface area (Å²) in [4.78, 5) is 9.86. The summed E-state index contributed by atoms with van der Waals surface area (Å²) in [7, 11) is 3.96. The first-order valence-corrected chi connectivity index (χ1v) is 8.57. The van der Waals surface area contributed by atoms with Crippen molar-refractivity contribution in [1.82, 2.24) is 20.5 Å². The molecule has 2 heterocycles. The second-order valence-corrected chi connectivity index (χ2v) is 6.41. The maximum atomic E-state index is 13.4. The van der Waals surface area contributed by atoms with Crippen LogP contribution in [0.4, 0.5) is 4.39 Å². The predicted molar refractivity (Wildman–Crippen MR) is 112 cm³/mol. The van der Waals surface area contributed by atoms with Crippen molar-refractivity contribution in [3.8, 4) is 0 Å². The summed E-state index contributed by atoms with van der Waals surface area (Å²) in [5.74, 6) is 0.621. The van der Waals surface area contributed by atoms with Gasteiger partial charge in [-0.2, -0.15) is 0 Å². The molecule has 1 fully saturated rings. The predicted octanol–water partition coefficient (Wildman–Crippen LogP) is 2.73. The van der Waals surface area contributed by atoms with Gasteiger partial charge in [-0.05, 0) is 56.6 Å². The standard InChI is InChI=1S/C18H26FN5.HI/c1-20-18(23-12-15-4-3-9-24(15)2)21-8-7-13-11-22-17-6-5-14(19)10-16(13)17;/h5-6,10-11,15,22H,3-4,7-9,12H2,1-2H3,(H2,20,21,23);1H. The van der Waals surface area contributed by atoms with Crippen molar-refractivity contribution in [2.75, 3.05) is 33.7 Å². The number of H-pyrrole nitrogens is 1. The van der Waals surface area contributed by atoms with Gasteiger partial charge in [0.2, 0.25) is 0 Å². The molecule has 0 radical (unpaired) electrons. The van der Waals surface area contributed by atoms with E-state index in [-0.39, 0.29) is 29.8 Å². The number of rotatable bonds is 5. The highest BCUT2D eigenvalue weighted by Gasteiger charge is 2.20. The number of guanidine groups is 1. The molecule has 0 saturated carbocycles. The number of aromatic nitrogens is 1. The lowest BCUT2D eigenvalue weighted by molar-refractivity contribution is 0.309. The lowest BCUT2D eigenvalue weighted by Crippen LogP contribution is -2.44. The molecule has 7 heteroatoms. The first kappa shape index (κ1) is 20.0. The van der Waals surface area contributed by atoms with E-state index in [2.05, 4.69) is 32.6 Å². The number of hydrogen-bond acceptors (Lipinski definition) is 2. The summed E-state index contributed by atoms with van der Waals surface area (Å²) in [6.45, 7) is 2.84. The maximum Gasteiger partial charge on any atom is 0.191 e. The van der Waals surface area contributed by atoms with Crippen LogP contribution in [0.2, 0.25) is 0 Å². The first-order chi connectivity index (χ1) is 11.7. The van der Waals surface area contributed by atoms with Gasteiger partial charge in [-0.25, -0.2) is 4.39 Å². The van der Waals surface area contributed by atoms with Crippen molar-refractivity contribution >= 4 is 40.8 Å². The molecular weight excluding hydrogens is 432 g/mol. The Morgan fingerprint density at radius 3 is 2.96 bits per heavy atom. The summed E-state index contributed by atoms with van der Waals surface area (Å²) in [5, 5.41) is 7.69. The molecule has 1 atom stereocenters. The fraction of sp³-hybridized carbons (Fsp3) is 0.500. The van der Waals surface area contributed by atoms with Gasteiger partial charge < -0.3 is 20.5 Å². The Bertz CT molecular complexity index is 715. The van der Waals surface area contributed by atoms with Crippen molar-refractivity contribution in [2.45, 2.75) is 25.3 Å². The van der Waals surface area contributed by atoms with Crippen LogP contribution in [0.25, 0.3) is 10.9 Å². The Hall–Kier alpha value is -1.35. The van der Waals surface area contributed by atoms with Gasteiger partial charge in [0.1, 0.15) is 5.82 Å². The minimum Gasteiger partial charge on any atom is -0.361 e. The van der Waals surface area contributed by atoms with E-state index in [4.69, 9.17) is 0 Å². The lowest BCUT2D eigenvalue weighted by Gasteiger charge is -2.21. The van der Waals surface area contributed by atoms with Gasteiger partial charge >= 0.3 is 0 Å². The minimum atomic E-state index is -0.200. The smallest absolute Gasteiger partial charge is 0.191 e. The molecule has 138 valence electrons. The Labute approximate surface area is 165 Å². The van der Waals surface area contributed by atoms with Crippen LogP contribution in [0, 0.1) is 5.82 Å². The molecule has 0 amide bonds. The number of benzene rings is 1. The van der Waals surface area contributed by atoms with Crippen LogP contribution in [0.5, 0.6) is 0 Å². The molecule has 1 saturated heterocycles. The minimum absolute atomic E-state index is 0. The van der Waals surface area contributed by atoms with Crippen molar-refractivity contribution < 1.29 is 4.39 Å². The quantitative estimate of drug-likeness (QED) is 0.366. The molecule has 0 aliphatic carbocycles. The highest BCUT2D eigenvalue weighted by Crippen LogP contribution is 2.19. The number of fused-ring (bicyclic) bond motifs is 1. The second kappa shape index (κ2) is 9.38. The van der Waals surface area contributed by atoms with E-state index in [0.717, 1.165) is 41.9 Å². The number of hydrogen-bond donors (Lipinski definition) is 3. The molecule has 1 aliphatic rings. The van der Waals surface area contributed by atoms with Gasteiger partial charge in [0, 0.05) is 43.3 Å². The molecule has 1 aromatic heterocycles. The highest BCUT2D eigenvalue weighted by molar-refractivity contribution is 14.0. The number of aromatic amines is 1. The Morgan fingerprint density at radius 2 is 2.24 bits per heavy atom. The van der Waals surface area contributed by atoms with E-state index in [9.17, 15) is 4.39 Å². The average molecular weight is 459 g/mol. The van der Waals surface area contributed by atoms with Crippen LogP contribution < -0.4 is 10.6 Å². The number of likely N-dealkylation sites (N-methyl/N-ethyl adjacent to an activating group) is 1. The third kappa shape index (κ3) is 5.07. The van der Waals surface area contributed by atoms with E-state index in [1.54, 1.807) is 19.2 Å². The van der Waals surface area contributed by atoms with E-state index in [1.165, 1.54) is 25.5 Å². The van der Waals surface area contributed by atoms with E-state index < -0.39 is 0 Å².